The van der Waals surface area contributed by atoms with Crippen LogP contribution in [-0.4, -0.2) is 73.7 Å². The number of aromatic nitrogens is 2. The van der Waals surface area contributed by atoms with Gasteiger partial charge < -0.3 is 25.4 Å². The summed E-state index contributed by atoms with van der Waals surface area (Å²) < 4.78 is 30.2. The highest BCUT2D eigenvalue weighted by molar-refractivity contribution is 7.90. The van der Waals surface area contributed by atoms with Gasteiger partial charge in [0, 0.05) is 29.9 Å². The fourth-order valence-corrected chi connectivity index (χ4v) is 4.64. The molecule has 0 radical (unpaired) electrons. The van der Waals surface area contributed by atoms with Gasteiger partial charge in [-0.1, -0.05) is 0 Å². The number of urea groups is 1. The highest BCUT2D eigenvalue weighted by Gasteiger charge is 2.24. The first kappa shape index (κ1) is 23.4. The van der Waals surface area contributed by atoms with Crippen molar-refractivity contribution in [3.8, 4) is 11.4 Å². The Hall–Kier alpha value is -2.76. The number of nitrogens with one attached hydrogen (secondary N) is 2. The van der Waals surface area contributed by atoms with Gasteiger partial charge in [0.05, 0.1) is 43.1 Å². The number of benzene rings is 1. The maximum Gasteiger partial charge on any atom is 0.319 e. The summed E-state index contributed by atoms with van der Waals surface area (Å²) in [5, 5.41) is 14.7. The Labute approximate surface area is 193 Å². The number of carbonyl (C=O) groups excluding carboxylic acids is 1. The second-order valence-corrected chi connectivity index (χ2v) is 10.6. The van der Waals surface area contributed by atoms with Gasteiger partial charge in [-0.2, -0.15) is 0 Å². The van der Waals surface area contributed by atoms with Gasteiger partial charge in [-0.25, -0.2) is 23.2 Å². The summed E-state index contributed by atoms with van der Waals surface area (Å²) in [6.07, 6.45) is 2.02. The van der Waals surface area contributed by atoms with Crippen LogP contribution in [0.15, 0.2) is 30.3 Å². The van der Waals surface area contributed by atoms with Gasteiger partial charge >= 0.3 is 6.03 Å². The first-order valence-electron chi connectivity index (χ1n) is 11.0. The largest absolute Gasteiger partial charge is 0.395 e. The van der Waals surface area contributed by atoms with Crippen LogP contribution in [0.2, 0.25) is 0 Å². The quantitative estimate of drug-likeness (QED) is 0.524. The molecule has 4 rings (SSSR count). The monoisotopic (exact) mass is 475 g/mol. The van der Waals surface area contributed by atoms with E-state index in [-0.39, 0.29) is 29.6 Å². The lowest BCUT2D eigenvalue weighted by atomic mass is 10.2. The van der Waals surface area contributed by atoms with Gasteiger partial charge in [0.25, 0.3) is 0 Å². The number of anilines is 2. The summed E-state index contributed by atoms with van der Waals surface area (Å²) in [6.45, 7) is 3.35. The molecule has 2 fully saturated rings. The molecule has 2 amide bonds. The number of aliphatic hydroxyl groups is 1. The average molecular weight is 476 g/mol. The van der Waals surface area contributed by atoms with Gasteiger partial charge in [0.15, 0.2) is 15.7 Å². The van der Waals surface area contributed by atoms with E-state index in [1.54, 1.807) is 30.3 Å². The lowest BCUT2D eigenvalue weighted by Crippen LogP contribution is -2.44. The molecule has 2 heterocycles. The molecule has 1 aliphatic heterocycles. The zero-order chi connectivity index (χ0) is 23.4. The van der Waals surface area contributed by atoms with Crippen molar-refractivity contribution in [2.75, 3.05) is 42.3 Å². The Balaban J connectivity index is 1.60. The first-order chi connectivity index (χ1) is 15.8. The fourth-order valence-electron chi connectivity index (χ4n) is 3.62. The van der Waals surface area contributed by atoms with Crippen molar-refractivity contribution in [1.82, 2.24) is 15.3 Å². The predicted molar refractivity (Wildman–Crippen MR) is 125 cm³/mol. The minimum Gasteiger partial charge on any atom is -0.395 e. The number of amides is 2. The molecule has 2 aliphatic rings. The van der Waals surface area contributed by atoms with Crippen LogP contribution in [0.5, 0.6) is 0 Å². The molecule has 0 bridgehead atoms. The number of rotatable bonds is 8. The number of hydrogen-bond acceptors (Lipinski definition) is 8. The highest BCUT2D eigenvalue weighted by atomic mass is 32.2. The fraction of sp³-hybridized carbons (Fsp3) is 0.500. The standard InChI is InChI=1S/C22H29N5O5S/c1-15-13-32-10-8-27(15)20-12-19(14-33(30,31)11-9-28)23-21(26-20)16-2-4-17(5-3-16)24-22(29)25-18-6-7-18/h2-5,12,15,18,28H,6-11,13-14H2,1H3,(H2,24,25,29)/t15-/m0/s1. The van der Waals surface area contributed by atoms with Crippen LogP contribution in [0, 0.1) is 0 Å². The van der Waals surface area contributed by atoms with E-state index < -0.39 is 16.4 Å². The number of carbonyl (C=O) groups is 1. The maximum absolute atomic E-state index is 12.3. The second kappa shape index (κ2) is 10.0. The number of aliphatic hydroxyl groups excluding tert-OH is 1. The molecule has 1 atom stereocenters. The summed E-state index contributed by atoms with van der Waals surface area (Å²) in [6, 6.07) is 8.92. The second-order valence-electron chi connectivity index (χ2n) is 8.42. The lowest BCUT2D eigenvalue weighted by molar-refractivity contribution is 0.0985. The van der Waals surface area contributed by atoms with Crippen molar-refractivity contribution in [2.24, 2.45) is 0 Å². The molecule has 1 aliphatic carbocycles. The van der Waals surface area contributed by atoms with Gasteiger partial charge in [-0.05, 0) is 44.0 Å². The Morgan fingerprint density at radius 2 is 2.00 bits per heavy atom. The molecule has 1 saturated carbocycles. The molecule has 11 heteroatoms. The molecule has 0 spiro atoms. The van der Waals surface area contributed by atoms with Crippen molar-refractivity contribution >= 4 is 27.4 Å². The van der Waals surface area contributed by atoms with Crippen LogP contribution in [-0.2, 0) is 20.3 Å². The van der Waals surface area contributed by atoms with E-state index in [9.17, 15) is 13.2 Å². The molecule has 0 unspecified atom stereocenters. The van der Waals surface area contributed by atoms with Gasteiger partial charge in [0.2, 0.25) is 0 Å². The van der Waals surface area contributed by atoms with Crippen LogP contribution in [0.1, 0.15) is 25.5 Å². The van der Waals surface area contributed by atoms with Gasteiger partial charge in [0.1, 0.15) is 5.82 Å². The summed E-state index contributed by atoms with van der Waals surface area (Å²) in [5.41, 5.74) is 1.71. The van der Waals surface area contributed by atoms with E-state index in [1.807, 2.05) is 6.92 Å². The van der Waals surface area contributed by atoms with Crippen molar-refractivity contribution in [3.63, 3.8) is 0 Å². The third-order valence-corrected chi connectivity index (χ3v) is 7.05. The Morgan fingerprint density at radius 3 is 2.67 bits per heavy atom. The van der Waals surface area contributed by atoms with Crippen LogP contribution in [0.3, 0.4) is 0 Å². The SMILES string of the molecule is C[C@H]1COCCN1c1cc(CS(=O)(=O)CCO)nc(-c2ccc(NC(=O)NC3CC3)cc2)n1. The van der Waals surface area contributed by atoms with E-state index in [2.05, 4.69) is 20.5 Å². The smallest absolute Gasteiger partial charge is 0.319 e. The molecule has 3 N–H and O–H groups in total. The maximum atomic E-state index is 12.3. The van der Waals surface area contributed by atoms with Gasteiger partial charge in [-0.3, -0.25) is 0 Å². The summed E-state index contributed by atoms with van der Waals surface area (Å²) >= 11 is 0. The number of hydrogen-bond donors (Lipinski definition) is 3. The number of nitrogens with zero attached hydrogens (tertiary/aromatic N) is 3. The molecule has 1 saturated heterocycles. The topological polar surface area (TPSA) is 134 Å². The van der Waals surface area contributed by atoms with Gasteiger partial charge in [-0.15, -0.1) is 0 Å². The molecule has 1 aromatic carbocycles. The first-order valence-corrected chi connectivity index (χ1v) is 12.9. The van der Waals surface area contributed by atoms with E-state index >= 15 is 0 Å². The van der Waals surface area contributed by atoms with Crippen molar-refractivity contribution < 1.29 is 23.1 Å². The molecule has 1 aromatic heterocycles. The molecular formula is C22H29N5O5S. The third kappa shape index (κ3) is 6.40. The summed E-state index contributed by atoms with van der Waals surface area (Å²) in [5.74, 6) is 0.430. The number of ether oxygens (including phenoxy) is 1. The molecule has 10 nitrogen and oxygen atoms in total. The Bertz CT molecular complexity index is 1090. The summed E-state index contributed by atoms with van der Waals surface area (Å²) in [7, 11) is -3.51. The van der Waals surface area contributed by atoms with Crippen LogP contribution in [0.25, 0.3) is 11.4 Å². The van der Waals surface area contributed by atoms with E-state index in [0.29, 0.717) is 48.3 Å². The molecule has 33 heavy (non-hydrogen) atoms. The van der Waals surface area contributed by atoms with E-state index in [0.717, 1.165) is 12.8 Å². The molecule has 2 aromatic rings. The Kier molecular flexibility index (Phi) is 7.11. The van der Waals surface area contributed by atoms with E-state index in [1.165, 1.54) is 0 Å². The third-order valence-electron chi connectivity index (χ3n) is 5.51. The van der Waals surface area contributed by atoms with Crippen molar-refractivity contribution in [3.05, 3.63) is 36.0 Å². The minimum atomic E-state index is -3.51. The van der Waals surface area contributed by atoms with Crippen LogP contribution in [0.4, 0.5) is 16.3 Å². The highest BCUT2D eigenvalue weighted by Crippen LogP contribution is 2.25. The normalized spacial score (nSPS) is 18.7. The zero-order valence-electron chi connectivity index (χ0n) is 18.5. The average Bonchev–Trinajstić information content (AvgIpc) is 3.57. The zero-order valence-corrected chi connectivity index (χ0v) is 19.3. The van der Waals surface area contributed by atoms with E-state index in [4.69, 9.17) is 14.8 Å². The van der Waals surface area contributed by atoms with Crippen molar-refractivity contribution in [2.45, 2.75) is 37.6 Å². The number of morpholine rings is 1. The minimum absolute atomic E-state index is 0.0833. The Morgan fingerprint density at radius 1 is 1.24 bits per heavy atom. The predicted octanol–water partition coefficient (Wildman–Crippen LogP) is 1.56. The van der Waals surface area contributed by atoms with Crippen molar-refractivity contribution in [1.29, 1.82) is 0 Å². The summed E-state index contributed by atoms with van der Waals surface area (Å²) in [4.78, 5) is 23.2. The lowest BCUT2D eigenvalue weighted by Gasteiger charge is -2.34. The number of sulfone groups is 1. The van der Waals surface area contributed by atoms with Crippen LogP contribution < -0.4 is 15.5 Å². The molecule has 178 valence electrons. The molecular weight excluding hydrogens is 446 g/mol. The van der Waals surface area contributed by atoms with Crippen LogP contribution >= 0.6 is 0 Å².